The molecule has 0 aromatic carbocycles. The zero-order valence-electron chi connectivity index (χ0n) is 8.85. The third-order valence-electron chi connectivity index (χ3n) is 2.68. The highest BCUT2D eigenvalue weighted by molar-refractivity contribution is 7.98. The molecule has 3 nitrogen and oxygen atoms in total. The van der Waals surface area contributed by atoms with Crippen LogP contribution in [0.3, 0.4) is 0 Å². The van der Waals surface area contributed by atoms with Crippen LogP contribution in [0.25, 0.3) is 0 Å². The summed E-state index contributed by atoms with van der Waals surface area (Å²) in [5.74, 6) is 1.52. The maximum atomic E-state index is 6.19. The van der Waals surface area contributed by atoms with E-state index in [9.17, 15) is 0 Å². The van der Waals surface area contributed by atoms with Gasteiger partial charge in [0.15, 0.2) is 0 Å². The van der Waals surface area contributed by atoms with Gasteiger partial charge >= 0.3 is 0 Å². The van der Waals surface area contributed by atoms with Crippen molar-refractivity contribution in [1.82, 2.24) is 9.97 Å². The van der Waals surface area contributed by atoms with Gasteiger partial charge in [0.25, 0.3) is 0 Å². The number of hydrogen-bond acceptors (Lipinski definition) is 4. The smallest absolute Gasteiger partial charge is 0.133 e. The molecule has 15 heavy (non-hydrogen) atoms. The van der Waals surface area contributed by atoms with Crippen LogP contribution >= 0.6 is 23.4 Å². The number of rotatable bonds is 2. The SMILES string of the molecule is CSc1cc(N2CC(C)C(Cl)C2)ncn1. The summed E-state index contributed by atoms with van der Waals surface area (Å²) < 4.78 is 0. The molecule has 0 saturated carbocycles. The molecule has 1 aliphatic heterocycles. The van der Waals surface area contributed by atoms with Crippen molar-refractivity contribution in [2.75, 3.05) is 24.2 Å². The van der Waals surface area contributed by atoms with E-state index in [1.807, 2.05) is 12.3 Å². The quantitative estimate of drug-likeness (QED) is 0.453. The molecule has 2 unspecified atom stereocenters. The van der Waals surface area contributed by atoms with Gasteiger partial charge in [-0.1, -0.05) is 6.92 Å². The predicted octanol–water partition coefficient (Wildman–Crippen LogP) is 2.26. The average Bonchev–Trinajstić information content (AvgIpc) is 2.59. The summed E-state index contributed by atoms with van der Waals surface area (Å²) >= 11 is 7.82. The van der Waals surface area contributed by atoms with E-state index in [0.29, 0.717) is 5.92 Å². The van der Waals surface area contributed by atoms with Crippen LogP contribution in [0.2, 0.25) is 0 Å². The Morgan fingerprint density at radius 2 is 2.27 bits per heavy atom. The lowest BCUT2D eigenvalue weighted by atomic mass is 10.2. The van der Waals surface area contributed by atoms with Gasteiger partial charge in [0.2, 0.25) is 0 Å². The normalized spacial score (nSPS) is 25.9. The first-order valence-electron chi connectivity index (χ1n) is 4.95. The molecular formula is C10H14ClN3S. The van der Waals surface area contributed by atoms with Crippen LogP contribution in [0.1, 0.15) is 6.92 Å². The minimum Gasteiger partial charge on any atom is -0.355 e. The maximum Gasteiger partial charge on any atom is 0.133 e. The molecule has 1 saturated heterocycles. The number of thioether (sulfide) groups is 1. The molecule has 0 bridgehead atoms. The van der Waals surface area contributed by atoms with Crippen molar-refractivity contribution in [1.29, 1.82) is 0 Å². The zero-order chi connectivity index (χ0) is 10.8. The van der Waals surface area contributed by atoms with Crippen LogP contribution < -0.4 is 4.90 Å². The first-order valence-corrected chi connectivity index (χ1v) is 6.62. The number of aromatic nitrogens is 2. The van der Waals surface area contributed by atoms with Gasteiger partial charge in [0.1, 0.15) is 17.2 Å². The first-order chi connectivity index (χ1) is 7.20. The Morgan fingerprint density at radius 3 is 2.87 bits per heavy atom. The molecular weight excluding hydrogens is 230 g/mol. The molecule has 1 aromatic rings. The molecule has 2 heterocycles. The van der Waals surface area contributed by atoms with Gasteiger partial charge in [-0.15, -0.1) is 23.4 Å². The van der Waals surface area contributed by atoms with Crippen LogP contribution in [0.5, 0.6) is 0 Å². The zero-order valence-corrected chi connectivity index (χ0v) is 10.4. The third-order valence-corrected chi connectivity index (χ3v) is 3.89. The molecule has 1 aromatic heterocycles. The Balaban J connectivity index is 2.16. The fraction of sp³-hybridized carbons (Fsp3) is 0.600. The molecule has 1 fully saturated rings. The van der Waals surface area contributed by atoms with Crippen LogP contribution in [-0.4, -0.2) is 34.7 Å². The van der Waals surface area contributed by atoms with E-state index in [-0.39, 0.29) is 5.38 Å². The standard InChI is InChI=1S/C10H14ClN3S/c1-7-4-14(5-8(7)11)9-3-10(15-2)13-6-12-9/h3,6-8H,4-5H2,1-2H3. The van der Waals surface area contributed by atoms with Crippen molar-refractivity contribution in [3.63, 3.8) is 0 Å². The molecule has 0 aliphatic carbocycles. The van der Waals surface area contributed by atoms with E-state index in [1.165, 1.54) is 0 Å². The lowest BCUT2D eigenvalue weighted by molar-refractivity contribution is 0.665. The van der Waals surface area contributed by atoms with E-state index < -0.39 is 0 Å². The van der Waals surface area contributed by atoms with Crippen molar-refractivity contribution < 1.29 is 0 Å². The minimum atomic E-state index is 0.234. The van der Waals surface area contributed by atoms with Crippen molar-refractivity contribution >= 4 is 29.2 Å². The summed E-state index contributed by atoms with van der Waals surface area (Å²) in [6, 6.07) is 2.02. The van der Waals surface area contributed by atoms with E-state index in [0.717, 1.165) is 23.9 Å². The lowest BCUT2D eigenvalue weighted by Gasteiger charge is -2.16. The molecule has 5 heteroatoms. The molecule has 0 radical (unpaired) electrons. The van der Waals surface area contributed by atoms with Gasteiger partial charge in [-0.2, -0.15) is 0 Å². The van der Waals surface area contributed by atoms with Crippen molar-refractivity contribution in [3.05, 3.63) is 12.4 Å². The second-order valence-electron chi connectivity index (χ2n) is 3.82. The fourth-order valence-corrected chi connectivity index (χ4v) is 2.35. The Hall–Kier alpha value is -0.480. The highest BCUT2D eigenvalue weighted by atomic mass is 35.5. The van der Waals surface area contributed by atoms with Crippen molar-refractivity contribution in [2.24, 2.45) is 5.92 Å². The summed E-state index contributed by atoms with van der Waals surface area (Å²) in [6.45, 7) is 4.04. The summed E-state index contributed by atoms with van der Waals surface area (Å²) in [5.41, 5.74) is 0. The lowest BCUT2D eigenvalue weighted by Crippen LogP contribution is -2.21. The Bertz CT molecular complexity index is 337. The maximum absolute atomic E-state index is 6.19. The average molecular weight is 244 g/mol. The molecule has 0 spiro atoms. The van der Waals surface area contributed by atoms with E-state index >= 15 is 0 Å². The summed E-state index contributed by atoms with van der Waals surface area (Å²) in [6.07, 6.45) is 3.64. The second-order valence-corrected chi connectivity index (χ2v) is 5.20. The summed E-state index contributed by atoms with van der Waals surface area (Å²) in [5, 5.41) is 1.24. The fourth-order valence-electron chi connectivity index (χ4n) is 1.73. The van der Waals surface area contributed by atoms with E-state index in [2.05, 4.69) is 21.8 Å². The highest BCUT2D eigenvalue weighted by Crippen LogP contribution is 2.26. The number of alkyl halides is 1. The van der Waals surface area contributed by atoms with Gasteiger partial charge in [-0.05, 0) is 12.2 Å². The second kappa shape index (κ2) is 4.58. The Labute approximate surface area is 99.2 Å². The summed E-state index contributed by atoms with van der Waals surface area (Å²) in [7, 11) is 0. The number of halogens is 1. The van der Waals surface area contributed by atoms with E-state index in [1.54, 1.807) is 18.1 Å². The number of nitrogens with zero attached hydrogens (tertiary/aromatic N) is 3. The van der Waals surface area contributed by atoms with E-state index in [4.69, 9.17) is 11.6 Å². The molecule has 2 atom stereocenters. The first kappa shape index (κ1) is 11.0. The Morgan fingerprint density at radius 1 is 1.47 bits per heavy atom. The third kappa shape index (κ3) is 2.37. The van der Waals surface area contributed by atoms with Gasteiger partial charge in [-0.3, -0.25) is 0 Å². The highest BCUT2D eigenvalue weighted by Gasteiger charge is 2.28. The molecule has 82 valence electrons. The van der Waals surface area contributed by atoms with Crippen molar-refractivity contribution in [3.8, 4) is 0 Å². The van der Waals surface area contributed by atoms with Gasteiger partial charge in [0.05, 0.1) is 5.38 Å². The molecule has 0 amide bonds. The van der Waals surface area contributed by atoms with Gasteiger partial charge in [0, 0.05) is 19.2 Å². The Kier molecular flexibility index (Phi) is 3.36. The molecule has 2 rings (SSSR count). The number of hydrogen-bond donors (Lipinski definition) is 0. The topological polar surface area (TPSA) is 29.0 Å². The molecule has 0 N–H and O–H groups in total. The van der Waals surface area contributed by atoms with Gasteiger partial charge < -0.3 is 4.90 Å². The van der Waals surface area contributed by atoms with Crippen LogP contribution in [0.4, 0.5) is 5.82 Å². The summed E-state index contributed by atoms with van der Waals surface area (Å²) in [4.78, 5) is 10.7. The monoisotopic (exact) mass is 243 g/mol. The van der Waals surface area contributed by atoms with Crippen LogP contribution in [-0.2, 0) is 0 Å². The predicted molar refractivity (Wildman–Crippen MR) is 64.8 cm³/mol. The van der Waals surface area contributed by atoms with Crippen LogP contribution in [0.15, 0.2) is 17.4 Å². The minimum absolute atomic E-state index is 0.234. The van der Waals surface area contributed by atoms with Crippen molar-refractivity contribution in [2.45, 2.75) is 17.3 Å². The largest absolute Gasteiger partial charge is 0.355 e. The van der Waals surface area contributed by atoms with Gasteiger partial charge in [-0.25, -0.2) is 9.97 Å². The van der Waals surface area contributed by atoms with Crippen LogP contribution in [0, 0.1) is 5.92 Å². The molecule has 1 aliphatic rings. The number of anilines is 1.